The third-order valence-corrected chi connectivity index (χ3v) is 8.74. The molecule has 2 N–H and O–H groups in total. The zero-order chi connectivity index (χ0) is 31.7. The maximum atomic E-state index is 13.2. The number of hydrogen-bond donors (Lipinski definition) is 2. The van der Waals surface area contributed by atoms with Crippen LogP contribution in [-0.4, -0.2) is 95.9 Å². The van der Waals surface area contributed by atoms with Gasteiger partial charge in [0.05, 0.1) is 5.56 Å². The first-order valence-corrected chi connectivity index (χ1v) is 15.5. The highest BCUT2D eigenvalue weighted by atomic mass is 16.5. The van der Waals surface area contributed by atoms with E-state index < -0.39 is 29.7 Å². The standard InChI is InChI=1S/C33H44N4O7/c1-4-33(5-2)29(39)37(31(40)34-17-7-6-8-25-11-9-24(3)10-12-25)30(33)44-27-15-13-26(14-16-27)28(38)43-23-22-35-18-20-36(21-19-35)32(41)42/h9-16,30H,4-8,17-23H2,1-3H3,(H,34,40)(H,41,42)/t30-/m0/s1. The van der Waals surface area contributed by atoms with Crippen molar-refractivity contribution >= 4 is 24.0 Å². The number of imide groups is 1. The van der Waals surface area contributed by atoms with Crippen LogP contribution in [0.5, 0.6) is 5.75 Å². The van der Waals surface area contributed by atoms with Gasteiger partial charge in [-0.25, -0.2) is 19.3 Å². The Kier molecular flexibility index (Phi) is 11.2. The molecule has 44 heavy (non-hydrogen) atoms. The fraction of sp³-hybridized carbons (Fsp3) is 0.515. The van der Waals surface area contributed by atoms with E-state index in [2.05, 4.69) is 41.4 Å². The highest BCUT2D eigenvalue weighted by Gasteiger charge is 2.62. The number of piperazine rings is 1. The molecule has 4 rings (SSSR count). The number of hydrogen-bond acceptors (Lipinski definition) is 7. The van der Waals surface area contributed by atoms with E-state index >= 15 is 0 Å². The van der Waals surface area contributed by atoms with Gasteiger partial charge in [-0.15, -0.1) is 0 Å². The Morgan fingerprint density at radius 2 is 1.61 bits per heavy atom. The largest absolute Gasteiger partial charge is 0.469 e. The van der Waals surface area contributed by atoms with Gasteiger partial charge in [-0.1, -0.05) is 43.7 Å². The Labute approximate surface area is 259 Å². The van der Waals surface area contributed by atoms with Gasteiger partial charge in [-0.2, -0.15) is 0 Å². The lowest BCUT2D eigenvalue weighted by molar-refractivity contribution is -0.190. The lowest BCUT2D eigenvalue weighted by Gasteiger charge is -2.53. The average Bonchev–Trinajstić information content (AvgIpc) is 3.03. The first-order chi connectivity index (χ1) is 21.2. The number of nitrogens with one attached hydrogen (secondary N) is 1. The predicted octanol–water partition coefficient (Wildman–Crippen LogP) is 4.53. The van der Waals surface area contributed by atoms with Gasteiger partial charge in [0.1, 0.15) is 17.8 Å². The molecule has 1 atom stereocenters. The minimum atomic E-state index is -0.918. The van der Waals surface area contributed by atoms with E-state index in [4.69, 9.17) is 14.6 Å². The van der Waals surface area contributed by atoms with Crippen LogP contribution in [-0.2, 0) is 16.0 Å². The number of carbonyl (C=O) groups excluding carboxylic acids is 3. The molecule has 0 aliphatic carbocycles. The van der Waals surface area contributed by atoms with Crippen molar-refractivity contribution in [3.8, 4) is 5.75 Å². The summed E-state index contributed by atoms with van der Waals surface area (Å²) in [4.78, 5) is 54.5. The van der Waals surface area contributed by atoms with E-state index in [9.17, 15) is 19.2 Å². The number of amides is 4. The van der Waals surface area contributed by atoms with Crippen LogP contribution >= 0.6 is 0 Å². The highest BCUT2D eigenvalue weighted by Crippen LogP contribution is 2.46. The molecule has 238 valence electrons. The number of ether oxygens (including phenoxy) is 2. The number of carboxylic acid groups (broad SMARTS) is 1. The number of likely N-dealkylation sites (tertiary alicyclic amines) is 1. The molecule has 2 saturated heterocycles. The molecule has 11 nitrogen and oxygen atoms in total. The molecule has 0 spiro atoms. The van der Waals surface area contributed by atoms with Gasteiger partial charge >= 0.3 is 18.1 Å². The molecule has 4 amide bonds. The molecule has 0 saturated carbocycles. The second-order valence-corrected chi connectivity index (χ2v) is 11.5. The van der Waals surface area contributed by atoms with Gasteiger partial charge < -0.3 is 24.8 Å². The van der Waals surface area contributed by atoms with Crippen LogP contribution < -0.4 is 10.1 Å². The van der Waals surface area contributed by atoms with Gasteiger partial charge in [0.2, 0.25) is 5.91 Å². The molecular weight excluding hydrogens is 564 g/mol. The van der Waals surface area contributed by atoms with Crippen LogP contribution in [0.3, 0.4) is 0 Å². The second kappa shape index (κ2) is 15.1. The van der Waals surface area contributed by atoms with Crippen molar-refractivity contribution in [2.24, 2.45) is 5.41 Å². The average molecular weight is 609 g/mol. The molecule has 2 aromatic carbocycles. The number of rotatable bonds is 13. The van der Waals surface area contributed by atoms with Crippen molar-refractivity contribution in [2.75, 3.05) is 45.9 Å². The number of benzene rings is 2. The molecule has 2 aliphatic rings. The summed E-state index contributed by atoms with van der Waals surface area (Å²) in [6.07, 6.45) is 2.03. The molecule has 2 aliphatic heterocycles. The Bertz CT molecular complexity index is 1290. The molecular formula is C33H44N4O7. The van der Waals surface area contributed by atoms with Gasteiger partial charge in [0.15, 0.2) is 6.23 Å². The minimum Gasteiger partial charge on any atom is -0.469 e. The van der Waals surface area contributed by atoms with E-state index in [1.165, 1.54) is 20.9 Å². The molecule has 2 fully saturated rings. The highest BCUT2D eigenvalue weighted by molar-refractivity contribution is 6.03. The number of esters is 1. The summed E-state index contributed by atoms with van der Waals surface area (Å²) < 4.78 is 11.6. The van der Waals surface area contributed by atoms with Crippen molar-refractivity contribution in [1.82, 2.24) is 20.0 Å². The summed E-state index contributed by atoms with van der Waals surface area (Å²) in [6.45, 7) is 9.14. The summed E-state index contributed by atoms with van der Waals surface area (Å²) >= 11 is 0. The van der Waals surface area contributed by atoms with E-state index in [1.807, 2.05) is 13.8 Å². The minimum absolute atomic E-state index is 0.194. The smallest absolute Gasteiger partial charge is 0.407 e. The third-order valence-electron chi connectivity index (χ3n) is 8.74. The summed E-state index contributed by atoms with van der Waals surface area (Å²) in [7, 11) is 0. The maximum absolute atomic E-state index is 13.2. The van der Waals surface area contributed by atoms with Crippen molar-refractivity contribution < 1.29 is 33.8 Å². The van der Waals surface area contributed by atoms with Crippen LogP contribution in [0.2, 0.25) is 0 Å². The summed E-state index contributed by atoms with van der Waals surface area (Å²) in [6, 6.07) is 14.4. The summed E-state index contributed by atoms with van der Waals surface area (Å²) in [5, 5.41) is 11.9. The quantitative estimate of drug-likeness (QED) is 0.193. The van der Waals surface area contributed by atoms with Gasteiger partial charge in [0.25, 0.3) is 0 Å². The molecule has 0 radical (unpaired) electrons. The van der Waals surface area contributed by atoms with Gasteiger partial charge in [-0.3, -0.25) is 9.69 Å². The molecule has 2 aromatic rings. The number of nitrogens with zero attached hydrogens (tertiary/aromatic N) is 3. The summed E-state index contributed by atoms with van der Waals surface area (Å²) in [5.74, 6) is -0.272. The van der Waals surface area contributed by atoms with E-state index in [0.717, 1.165) is 19.3 Å². The SMILES string of the molecule is CCC1(CC)C(=O)N(C(=O)NCCCCc2ccc(C)cc2)[C@H]1Oc1ccc(C(=O)OCCN2CCN(C(=O)O)CC2)cc1. The number of aryl methyl sites for hydroxylation is 2. The first-order valence-electron chi connectivity index (χ1n) is 15.5. The monoisotopic (exact) mass is 608 g/mol. The predicted molar refractivity (Wildman–Crippen MR) is 165 cm³/mol. The van der Waals surface area contributed by atoms with Crippen LogP contribution in [0, 0.1) is 12.3 Å². The van der Waals surface area contributed by atoms with Gasteiger partial charge in [-0.05, 0) is 68.9 Å². The topological polar surface area (TPSA) is 129 Å². The number of urea groups is 1. The zero-order valence-electron chi connectivity index (χ0n) is 25.9. The normalized spacial score (nSPS) is 18.0. The maximum Gasteiger partial charge on any atom is 0.407 e. The van der Waals surface area contributed by atoms with E-state index in [-0.39, 0.29) is 12.5 Å². The molecule has 0 aromatic heterocycles. The fourth-order valence-corrected chi connectivity index (χ4v) is 5.70. The van der Waals surface area contributed by atoms with Crippen LogP contribution in [0.15, 0.2) is 48.5 Å². The van der Waals surface area contributed by atoms with Gasteiger partial charge in [0, 0.05) is 39.3 Å². The Morgan fingerprint density at radius 1 is 0.955 bits per heavy atom. The van der Waals surface area contributed by atoms with Crippen LogP contribution in [0.1, 0.15) is 61.0 Å². The molecule has 0 bridgehead atoms. The van der Waals surface area contributed by atoms with E-state index in [0.29, 0.717) is 63.4 Å². The fourth-order valence-electron chi connectivity index (χ4n) is 5.70. The van der Waals surface area contributed by atoms with Crippen molar-refractivity contribution in [3.05, 3.63) is 65.2 Å². The second-order valence-electron chi connectivity index (χ2n) is 11.5. The summed E-state index contributed by atoms with van der Waals surface area (Å²) in [5.41, 5.74) is 2.05. The zero-order valence-corrected chi connectivity index (χ0v) is 25.9. The lowest BCUT2D eigenvalue weighted by Crippen LogP contribution is -2.73. The Balaban J connectivity index is 1.25. The van der Waals surface area contributed by atoms with Crippen molar-refractivity contribution in [1.29, 1.82) is 0 Å². The van der Waals surface area contributed by atoms with Crippen molar-refractivity contribution in [2.45, 2.75) is 59.1 Å². The van der Waals surface area contributed by atoms with E-state index in [1.54, 1.807) is 24.3 Å². The Morgan fingerprint density at radius 3 is 2.23 bits per heavy atom. The molecule has 2 heterocycles. The number of unbranched alkanes of at least 4 members (excludes halogenated alkanes) is 1. The lowest BCUT2D eigenvalue weighted by atomic mass is 9.72. The van der Waals surface area contributed by atoms with Crippen LogP contribution in [0.4, 0.5) is 9.59 Å². The third kappa shape index (κ3) is 7.68. The first kappa shape index (κ1) is 32.8. The number of carbonyl (C=O) groups is 4. The van der Waals surface area contributed by atoms with Crippen LogP contribution in [0.25, 0.3) is 0 Å². The molecule has 11 heteroatoms. The van der Waals surface area contributed by atoms with Crippen molar-refractivity contribution in [3.63, 3.8) is 0 Å². The Hall–Kier alpha value is -4.12. The molecule has 0 unspecified atom stereocenters. The number of β-lactam (4-membered cyclic amide) rings is 1.